The van der Waals surface area contributed by atoms with Crippen molar-refractivity contribution in [1.82, 2.24) is 20.8 Å². The standard InChI is InChI=1S/C17H33N5.HI/c1-6-18-17(21-14(4)10-9-13(2)3)19-11-7-8-16-12-20-22-15(16)5;/h12-14H,6-11H2,1-5H3,(H,20,22)(H2,18,19,21);1H. The van der Waals surface area contributed by atoms with Crippen LogP contribution in [0.4, 0.5) is 0 Å². The lowest BCUT2D eigenvalue weighted by Gasteiger charge is -2.18. The first kappa shape index (κ1) is 22.2. The van der Waals surface area contributed by atoms with E-state index in [1.54, 1.807) is 0 Å². The van der Waals surface area contributed by atoms with E-state index in [0.717, 1.165) is 43.5 Å². The van der Waals surface area contributed by atoms with Gasteiger partial charge in [0.1, 0.15) is 0 Å². The summed E-state index contributed by atoms with van der Waals surface area (Å²) in [6, 6.07) is 0.455. The normalized spacial score (nSPS) is 12.9. The van der Waals surface area contributed by atoms with Gasteiger partial charge >= 0.3 is 0 Å². The number of H-pyrrole nitrogens is 1. The van der Waals surface area contributed by atoms with Gasteiger partial charge < -0.3 is 10.6 Å². The summed E-state index contributed by atoms with van der Waals surface area (Å²) in [6.45, 7) is 12.6. The predicted molar refractivity (Wildman–Crippen MR) is 110 cm³/mol. The van der Waals surface area contributed by atoms with E-state index < -0.39 is 0 Å². The van der Waals surface area contributed by atoms with Crippen LogP contribution in [-0.2, 0) is 6.42 Å². The summed E-state index contributed by atoms with van der Waals surface area (Å²) in [7, 11) is 0. The van der Waals surface area contributed by atoms with Gasteiger partial charge in [-0.05, 0) is 57.9 Å². The number of rotatable bonds is 9. The molecule has 1 heterocycles. The Bertz CT molecular complexity index is 442. The van der Waals surface area contributed by atoms with Crippen LogP contribution < -0.4 is 10.6 Å². The third-order valence-corrected chi connectivity index (χ3v) is 3.71. The Labute approximate surface area is 158 Å². The van der Waals surface area contributed by atoms with E-state index in [4.69, 9.17) is 0 Å². The molecule has 1 rings (SSSR count). The first-order valence-corrected chi connectivity index (χ1v) is 8.56. The van der Waals surface area contributed by atoms with Crippen LogP contribution >= 0.6 is 24.0 Å². The fourth-order valence-corrected chi connectivity index (χ4v) is 2.30. The number of halogens is 1. The summed E-state index contributed by atoms with van der Waals surface area (Å²) in [5.41, 5.74) is 2.45. The van der Waals surface area contributed by atoms with E-state index >= 15 is 0 Å². The molecule has 0 aliphatic heterocycles. The number of aliphatic imine (C=N–C) groups is 1. The summed E-state index contributed by atoms with van der Waals surface area (Å²) in [5, 5.41) is 13.9. The highest BCUT2D eigenvalue weighted by atomic mass is 127. The minimum Gasteiger partial charge on any atom is -0.357 e. The molecule has 0 bridgehead atoms. The molecule has 6 heteroatoms. The van der Waals surface area contributed by atoms with Crippen molar-refractivity contribution in [3.63, 3.8) is 0 Å². The lowest BCUT2D eigenvalue weighted by atomic mass is 10.0. The number of nitrogens with one attached hydrogen (secondary N) is 3. The number of aromatic nitrogens is 2. The van der Waals surface area contributed by atoms with E-state index in [0.29, 0.717) is 6.04 Å². The maximum Gasteiger partial charge on any atom is 0.191 e. The summed E-state index contributed by atoms with van der Waals surface area (Å²) in [6.07, 6.45) is 6.39. The molecule has 23 heavy (non-hydrogen) atoms. The van der Waals surface area contributed by atoms with E-state index in [1.807, 2.05) is 6.20 Å². The van der Waals surface area contributed by atoms with E-state index in [-0.39, 0.29) is 24.0 Å². The zero-order valence-corrected chi connectivity index (χ0v) is 17.6. The molecule has 0 radical (unpaired) electrons. The van der Waals surface area contributed by atoms with Gasteiger partial charge in [0, 0.05) is 24.8 Å². The smallest absolute Gasteiger partial charge is 0.191 e. The van der Waals surface area contributed by atoms with E-state index in [2.05, 4.69) is 60.4 Å². The number of aromatic amines is 1. The summed E-state index contributed by atoms with van der Waals surface area (Å²) in [4.78, 5) is 4.67. The highest BCUT2D eigenvalue weighted by Crippen LogP contribution is 2.07. The van der Waals surface area contributed by atoms with E-state index in [1.165, 1.54) is 18.4 Å². The third kappa shape index (κ3) is 9.84. The molecule has 1 unspecified atom stereocenters. The van der Waals surface area contributed by atoms with Gasteiger partial charge in [-0.15, -0.1) is 24.0 Å². The zero-order chi connectivity index (χ0) is 16.4. The molecule has 0 aliphatic rings. The fourth-order valence-electron chi connectivity index (χ4n) is 2.30. The molecule has 0 amide bonds. The van der Waals surface area contributed by atoms with Crippen molar-refractivity contribution in [1.29, 1.82) is 0 Å². The van der Waals surface area contributed by atoms with Crippen molar-refractivity contribution in [3.05, 3.63) is 17.5 Å². The molecule has 0 spiro atoms. The molecule has 0 aliphatic carbocycles. The molecule has 1 atom stereocenters. The van der Waals surface area contributed by atoms with Crippen LogP contribution in [0.1, 0.15) is 58.2 Å². The highest BCUT2D eigenvalue weighted by Gasteiger charge is 2.06. The molecule has 134 valence electrons. The van der Waals surface area contributed by atoms with Gasteiger partial charge in [-0.1, -0.05) is 13.8 Å². The van der Waals surface area contributed by atoms with Crippen molar-refractivity contribution >= 4 is 29.9 Å². The monoisotopic (exact) mass is 435 g/mol. The van der Waals surface area contributed by atoms with Crippen LogP contribution in [0, 0.1) is 12.8 Å². The van der Waals surface area contributed by atoms with Gasteiger partial charge in [0.25, 0.3) is 0 Å². The molecule has 0 saturated carbocycles. The quantitative estimate of drug-likeness (QED) is 0.240. The number of hydrogen-bond donors (Lipinski definition) is 3. The van der Waals surface area contributed by atoms with Crippen LogP contribution in [0.15, 0.2) is 11.2 Å². The Balaban J connectivity index is 0.00000484. The fraction of sp³-hybridized carbons (Fsp3) is 0.765. The molecule has 0 saturated heterocycles. The van der Waals surface area contributed by atoms with Gasteiger partial charge in [-0.3, -0.25) is 10.1 Å². The summed E-state index contributed by atoms with van der Waals surface area (Å²) in [5.74, 6) is 1.68. The number of hydrogen-bond acceptors (Lipinski definition) is 2. The minimum atomic E-state index is 0. The van der Waals surface area contributed by atoms with Crippen LogP contribution in [0.2, 0.25) is 0 Å². The summed E-state index contributed by atoms with van der Waals surface area (Å²) < 4.78 is 0. The van der Waals surface area contributed by atoms with Crippen LogP contribution in [0.3, 0.4) is 0 Å². The largest absolute Gasteiger partial charge is 0.357 e. The third-order valence-electron chi connectivity index (χ3n) is 3.71. The first-order chi connectivity index (χ1) is 10.5. The second-order valence-electron chi connectivity index (χ2n) is 6.40. The van der Waals surface area contributed by atoms with Gasteiger partial charge in [0.15, 0.2) is 5.96 Å². The number of nitrogens with zero attached hydrogens (tertiary/aromatic N) is 2. The first-order valence-electron chi connectivity index (χ1n) is 8.56. The Kier molecular flexibility index (Phi) is 12.2. The Morgan fingerprint density at radius 1 is 1.30 bits per heavy atom. The van der Waals surface area contributed by atoms with Gasteiger partial charge in [0.05, 0.1) is 6.20 Å². The lowest BCUT2D eigenvalue weighted by Crippen LogP contribution is -2.42. The second kappa shape index (κ2) is 12.6. The van der Waals surface area contributed by atoms with Crippen LogP contribution in [-0.4, -0.2) is 35.3 Å². The molecule has 1 aromatic heterocycles. The van der Waals surface area contributed by atoms with Crippen molar-refractivity contribution in [2.24, 2.45) is 10.9 Å². The topological polar surface area (TPSA) is 65.1 Å². The molecule has 1 aromatic rings. The SMILES string of the molecule is CCNC(=NCCCc1cn[nH]c1C)NC(C)CCC(C)C.I. The minimum absolute atomic E-state index is 0. The Morgan fingerprint density at radius 3 is 2.61 bits per heavy atom. The molecular weight excluding hydrogens is 401 g/mol. The maximum atomic E-state index is 4.67. The van der Waals surface area contributed by atoms with Crippen molar-refractivity contribution in [2.75, 3.05) is 13.1 Å². The molecule has 0 aromatic carbocycles. The average Bonchev–Trinajstić information content (AvgIpc) is 2.87. The molecule has 0 fully saturated rings. The highest BCUT2D eigenvalue weighted by molar-refractivity contribution is 14.0. The lowest BCUT2D eigenvalue weighted by molar-refractivity contribution is 0.489. The van der Waals surface area contributed by atoms with Gasteiger partial charge in [0.2, 0.25) is 0 Å². The summed E-state index contributed by atoms with van der Waals surface area (Å²) >= 11 is 0. The molecule has 3 N–H and O–H groups in total. The van der Waals surface area contributed by atoms with Crippen molar-refractivity contribution in [3.8, 4) is 0 Å². The molecule has 5 nitrogen and oxygen atoms in total. The number of guanidine groups is 1. The van der Waals surface area contributed by atoms with Gasteiger partial charge in [-0.25, -0.2) is 0 Å². The number of aryl methyl sites for hydroxylation is 2. The molecular formula is C17H34IN5. The van der Waals surface area contributed by atoms with Crippen LogP contribution in [0.25, 0.3) is 0 Å². The van der Waals surface area contributed by atoms with Crippen LogP contribution in [0.5, 0.6) is 0 Å². The zero-order valence-electron chi connectivity index (χ0n) is 15.3. The Morgan fingerprint density at radius 2 is 2.04 bits per heavy atom. The average molecular weight is 435 g/mol. The van der Waals surface area contributed by atoms with Crippen molar-refractivity contribution < 1.29 is 0 Å². The van der Waals surface area contributed by atoms with Gasteiger partial charge in [-0.2, -0.15) is 5.10 Å². The van der Waals surface area contributed by atoms with E-state index in [9.17, 15) is 0 Å². The second-order valence-corrected chi connectivity index (χ2v) is 6.40. The maximum absolute atomic E-state index is 4.67. The predicted octanol–water partition coefficient (Wildman–Crippen LogP) is 3.65. The van der Waals surface area contributed by atoms with Crippen molar-refractivity contribution in [2.45, 2.75) is 66.3 Å². The Hall–Kier alpha value is -0.790.